The predicted octanol–water partition coefficient (Wildman–Crippen LogP) is -1.26. The zero-order valence-electron chi connectivity index (χ0n) is 13.1. The summed E-state index contributed by atoms with van der Waals surface area (Å²) in [6, 6.07) is 9.95. The van der Waals surface area contributed by atoms with Crippen molar-refractivity contribution in [3.63, 3.8) is 0 Å². The maximum absolute atomic E-state index is 8.73. The molecule has 0 aromatic carbocycles. The summed E-state index contributed by atoms with van der Waals surface area (Å²) in [6.45, 7) is 0. The van der Waals surface area contributed by atoms with Gasteiger partial charge < -0.3 is 0 Å². The standard InChI is InChI=1S/C12BN9O6/c14-1-10(2-15,3-16)23-26-13(27-24-11(4-17,5-18)6-19)28-25-12(7-20,8-21)9-22. The van der Waals surface area contributed by atoms with Gasteiger partial charge in [0.25, 0.3) is 0 Å². The SMILES string of the molecule is N#CC(C#N)(C#N)OOB(OOC(C#N)(C#N)C#N)OOC(C#N)(C#N)C#N. The van der Waals surface area contributed by atoms with Gasteiger partial charge in [-0.15, -0.1) is 0 Å². The Kier molecular flexibility index (Phi) is 8.53. The first kappa shape index (κ1) is 23.2. The van der Waals surface area contributed by atoms with Gasteiger partial charge in [-0.1, -0.05) is 0 Å². The first-order chi connectivity index (χ1) is 13.3. The second-order valence-electron chi connectivity index (χ2n) is 3.88. The van der Waals surface area contributed by atoms with E-state index in [2.05, 4.69) is 29.1 Å². The first-order valence-corrected chi connectivity index (χ1v) is 6.08. The molecule has 0 fully saturated rings. The summed E-state index contributed by atoms with van der Waals surface area (Å²) < 4.78 is 0. The normalized spacial score (nSPS) is 9.96. The lowest BCUT2D eigenvalue weighted by molar-refractivity contribution is -0.371. The molecule has 28 heavy (non-hydrogen) atoms. The number of hydrogen-bond acceptors (Lipinski definition) is 15. The lowest BCUT2D eigenvalue weighted by Gasteiger charge is -2.17. The molecular formula is C12BN9O6. The molecule has 0 N–H and O–H groups in total. The number of nitriles is 9. The van der Waals surface area contributed by atoms with Crippen molar-refractivity contribution >= 4 is 7.32 Å². The predicted molar refractivity (Wildman–Crippen MR) is 71.0 cm³/mol. The lowest BCUT2D eigenvalue weighted by Crippen LogP contribution is -2.40. The van der Waals surface area contributed by atoms with Crippen LogP contribution < -0.4 is 0 Å². The summed E-state index contributed by atoms with van der Waals surface area (Å²) in [5.41, 5.74) is -8.59. The van der Waals surface area contributed by atoms with Crippen molar-refractivity contribution < 1.29 is 29.1 Å². The summed E-state index contributed by atoms with van der Waals surface area (Å²) in [5, 5.41) is 78.6. The average Bonchev–Trinajstić information content (AvgIpc) is 2.76. The Morgan fingerprint density at radius 1 is 0.393 bits per heavy atom. The summed E-state index contributed by atoms with van der Waals surface area (Å²) in [7, 11) is -2.58. The van der Waals surface area contributed by atoms with Crippen molar-refractivity contribution in [3.05, 3.63) is 0 Å². The second kappa shape index (κ2) is 10.3. The van der Waals surface area contributed by atoms with Crippen LogP contribution in [0.1, 0.15) is 0 Å². The maximum Gasteiger partial charge on any atom is 0.725 e. The fourth-order valence-corrected chi connectivity index (χ4v) is 0.775. The lowest BCUT2D eigenvalue weighted by atomic mass is 10.1. The van der Waals surface area contributed by atoms with Gasteiger partial charge in [0.15, 0.2) is 0 Å². The highest BCUT2D eigenvalue weighted by Gasteiger charge is 2.44. The van der Waals surface area contributed by atoms with Crippen LogP contribution in [0.15, 0.2) is 0 Å². The molecule has 0 spiro atoms. The molecule has 0 aromatic rings. The molecule has 0 unspecified atom stereocenters. The minimum absolute atomic E-state index is 1.11. The van der Waals surface area contributed by atoms with Crippen LogP contribution in [0.5, 0.6) is 0 Å². The topological polar surface area (TPSA) is 269 Å². The molecule has 0 aliphatic rings. The van der Waals surface area contributed by atoms with E-state index in [0.29, 0.717) is 0 Å². The van der Waals surface area contributed by atoms with E-state index in [1.807, 2.05) is 0 Å². The molecule has 0 rings (SSSR count). The Balaban J connectivity index is 5.51. The Morgan fingerprint density at radius 3 is 0.714 bits per heavy atom. The molecule has 16 heteroatoms. The molecule has 0 heterocycles. The summed E-state index contributed by atoms with van der Waals surface area (Å²) >= 11 is 0. The van der Waals surface area contributed by atoms with Crippen LogP contribution in [0.2, 0.25) is 0 Å². The zero-order chi connectivity index (χ0) is 21.7. The zero-order valence-corrected chi connectivity index (χ0v) is 13.1. The average molecular weight is 377 g/mol. The third kappa shape index (κ3) is 5.37. The van der Waals surface area contributed by atoms with Crippen molar-refractivity contribution in [2.75, 3.05) is 0 Å². The molecule has 0 aromatic heterocycles. The van der Waals surface area contributed by atoms with Gasteiger partial charge in [0.2, 0.25) is 0 Å². The Hall–Kier alpha value is -4.77. The van der Waals surface area contributed by atoms with Crippen molar-refractivity contribution in [2.45, 2.75) is 16.8 Å². The molecule has 0 aliphatic carbocycles. The fraction of sp³-hybridized carbons (Fsp3) is 0.250. The molecular weight excluding hydrogens is 377 g/mol. The highest BCUT2D eigenvalue weighted by Crippen LogP contribution is 2.15. The van der Waals surface area contributed by atoms with E-state index >= 15 is 0 Å². The molecule has 132 valence electrons. The van der Waals surface area contributed by atoms with Gasteiger partial charge in [0.05, 0.1) is 0 Å². The number of nitrogens with zero attached hydrogens (tertiary/aromatic N) is 9. The van der Waals surface area contributed by atoms with Crippen LogP contribution in [0, 0.1) is 102 Å². The van der Waals surface area contributed by atoms with Crippen molar-refractivity contribution in [3.8, 4) is 54.6 Å². The van der Waals surface area contributed by atoms with Crippen molar-refractivity contribution in [1.29, 1.82) is 47.4 Å². The van der Waals surface area contributed by atoms with Gasteiger partial charge in [0, 0.05) is 0 Å². The van der Waals surface area contributed by atoms with Crippen LogP contribution in [-0.2, 0) is 29.1 Å². The van der Waals surface area contributed by atoms with E-state index < -0.39 is 24.1 Å². The summed E-state index contributed by atoms with van der Waals surface area (Å²) in [4.78, 5) is 25.2. The quantitative estimate of drug-likeness (QED) is 0.257. The smallest absolute Gasteiger partial charge is 0.225 e. The molecule has 15 nitrogen and oxygen atoms in total. The van der Waals surface area contributed by atoms with Gasteiger partial charge in [-0.25, -0.2) is 14.4 Å². The molecule has 0 saturated carbocycles. The molecule has 0 amide bonds. The van der Waals surface area contributed by atoms with E-state index in [4.69, 9.17) is 47.4 Å². The third-order valence-electron chi connectivity index (χ3n) is 2.17. The first-order valence-electron chi connectivity index (χ1n) is 6.08. The Bertz CT molecular complexity index is 747. The molecule has 0 atom stereocenters. The minimum atomic E-state index is -2.86. The van der Waals surface area contributed by atoms with Crippen LogP contribution >= 0.6 is 0 Å². The third-order valence-corrected chi connectivity index (χ3v) is 2.17. The highest BCUT2D eigenvalue weighted by atomic mass is 17.3. The van der Waals surface area contributed by atoms with Gasteiger partial charge in [-0.05, 0) is 0 Å². The highest BCUT2D eigenvalue weighted by molar-refractivity contribution is 6.35. The monoisotopic (exact) mass is 377 g/mol. The van der Waals surface area contributed by atoms with Crippen LogP contribution in [0.3, 0.4) is 0 Å². The molecule has 0 radical (unpaired) electrons. The van der Waals surface area contributed by atoms with Gasteiger partial charge in [-0.3, -0.25) is 0 Å². The summed E-state index contributed by atoms with van der Waals surface area (Å²) in [5.74, 6) is 0. The van der Waals surface area contributed by atoms with E-state index in [-0.39, 0.29) is 0 Å². The minimum Gasteiger partial charge on any atom is -0.225 e. The molecule has 0 saturated heterocycles. The second-order valence-corrected chi connectivity index (χ2v) is 3.88. The Labute approximate surface area is 156 Å². The van der Waals surface area contributed by atoms with E-state index in [1.54, 1.807) is 0 Å². The number of hydrogen-bond donors (Lipinski definition) is 0. The Morgan fingerprint density at radius 2 is 0.571 bits per heavy atom. The van der Waals surface area contributed by atoms with E-state index in [1.165, 1.54) is 0 Å². The van der Waals surface area contributed by atoms with Crippen molar-refractivity contribution in [2.24, 2.45) is 0 Å². The van der Waals surface area contributed by atoms with Gasteiger partial charge in [-0.2, -0.15) is 62.0 Å². The number of rotatable bonds is 9. The van der Waals surface area contributed by atoms with Gasteiger partial charge in [0.1, 0.15) is 54.6 Å². The van der Waals surface area contributed by atoms with Crippen LogP contribution in [0.25, 0.3) is 0 Å². The van der Waals surface area contributed by atoms with Crippen LogP contribution in [-0.4, -0.2) is 24.1 Å². The van der Waals surface area contributed by atoms with Crippen molar-refractivity contribution in [1.82, 2.24) is 0 Å². The maximum atomic E-state index is 8.73. The fourth-order valence-electron chi connectivity index (χ4n) is 0.775. The van der Waals surface area contributed by atoms with E-state index in [0.717, 1.165) is 54.6 Å². The summed E-state index contributed by atoms with van der Waals surface area (Å²) in [6.07, 6.45) is 0. The van der Waals surface area contributed by atoms with Gasteiger partial charge >= 0.3 is 24.1 Å². The molecule has 0 bridgehead atoms. The largest absolute Gasteiger partial charge is 0.725 e. The van der Waals surface area contributed by atoms with E-state index in [9.17, 15) is 0 Å². The van der Waals surface area contributed by atoms with Crippen LogP contribution in [0.4, 0.5) is 0 Å². The molecule has 0 aliphatic heterocycles.